The summed E-state index contributed by atoms with van der Waals surface area (Å²) in [5, 5.41) is 0. The Morgan fingerprint density at radius 3 is 2.62 bits per heavy atom. The number of hydrogen-bond donors (Lipinski definition) is 1. The standard InChI is InChI=1S/C13H26N2O/c1-13(14,11-6-7-11)10-15(2)9-12-5-3-4-8-16-12/h11-12H,3-10,14H2,1-2H3. The second kappa shape index (κ2) is 5.03. The van der Waals surface area contributed by atoms with Crippen molar-refractivity contribution in [3.05, 3.63) is 0 Å². The monoisotopic (exact) mass is 226 g/mol. The van der Waals surface area contributed by atoms with Gasteiger partial charge >= 0.3 is 0 Å². The van der Waals surface area contributed by atoms with Crippen LogP contribution in [0.4, 0.5) is 0 Å². The molecular formula is C13H26N2O. The van der Waals surface area contributed by atoms with Crippen molar-refractivity contribution in [1.29, 1.82) is 0 Å². The summed E-state index contributed by atoms with van der Waals surface area (Å²) in [6, 6.07) is 0. The second-order valence-corrected chi connectivity index (χ2v) is 5.97. The highest BCUT2D eigenvalue weighted by Gasteiger charge is 2.39. The van der Waals surface area contributed by atoms with Crippen LogP contribution in [0.3, 0.4) is 0 Å². The number of likely N-dealkylation sites (N-methyl/N-ethyl adjacent to an activating group) is 1. The van der Waals surface area contributed by atoms with Gasteiger partial charge in [-0.05, 0) is 52.0 Å². The lowest BCUT2D eigenvalue weighted by Gasteiger charge is -2.33. The molecule has 2 aliphatic rings. The molecule has 1 saturated heterocycles. The zero-order chi connectivity index (χ0) is 11.6. The highest BCUT2D eigenvalue weighted by Crippen LogP contribution is 2.38. The fourth-order valence-electron chi connectivity index (χ4n) is 2.82. The molecule has 0 amide bonds. The summed E-state index contributed by atoms with van der Waals surface area (Å²) in [7, 11) is 2.17. The summed E-state index contributed by atoms with van der Waals surface area (Å²) in [5.41, 5.74) is 6.35. The van der Waals surface area contributed by atoms with Gasteiger partial charge in [0.1, 0.15) is 0 Å². The molecule has 2 unspecified atom stereocenters. The van der Waals surface area contributed by atoms with Gasteiger partial charge in [0.25, 0.3) is 0 Å². The minimum absolute atomic E-state index is 0.00339. The molecule has 1 aliphatic carbocycles. The molecule has 2 rings (SSSR count). The number of nitrogens with zero attached hydrogens (tertiary/aromatic N) is 1. The Balaban J connectivity index is 1.72. The van der Waals surface area contributed by atoms with Gasteiger partial charge in [0.15, 0.2) is 0 Å². The average Bonchev–Trinajstić information content (AvgIpc) is 3.01. The summed E-state index contributed by atoms with van der Waals surface area (Å²) < 4.78 is 5.76. The Labute approximate surface area is 99.3 Å². The van der Waals surface area contributed by atoms with Crippen LogP contribution in [0.25, 0.3) is 0 Å². The van der Waals surface area contributed by atoms with Gasteiger partial charge in [-0.2, -0.15) is 0 Å². The molecule has 1 saturated carbocycles. The smallest absolute Gasteiger partial charge is 0.0701 e. The first-order valence-electron chi connectivity index (χ1n) is 6.67. The Morgan fingerprint density at radius 1 is 1.31 bits per heavy atom. The van der Waals surface area contributed by atoms with Crippen molar-refractivity contribution < 1.29 is 4.74 Å². The fourth-order valence-corrected chi connectivity index (χ4v) is 2.82. The van der Waals surface area contributed by atoms with E-state index in [0.29, 0.717) is 6.10 Å². The molecule has 0 radical (unpaired) electrons. The Bertz CT molecular complexity index is 220. The summed E-state index contributed by atoms with van der Waals surface area (Å²) in [4.78, 5) is 2.36. The Hall–Kier alpha value is -0.120. The molecule has 1 aliphatic heterocycles. The summed E-state index contributed by atoms with van der Waals surface area (Å²) >= 11 is 0. The molecule has 16 heavy (non-hydrogen) atoms. The first-order valence-corrected chi connectivity index (χ1v) is 6.67. The van der Waals surface area contributed by atoms with Crippen molar-refractivity contribution in [2.45, 2.75) is 50.7 Å². The van der Waals surface area contributed by atoms with Gasteiger partial charge in [-0.15, -0.1) is 0 Å². The van der Waals surface area contributed by atoms with Crippen molar-refractivity contribution in [2.75, 3.05) is 26.7 Å². The van der Waals surface area contributed by atoms with Crippen LogP contribution in [-0.2, 0) is 4.74 Å². The van der Waals surface area contributed by atoms with Gasteiger partial charge in [0, 0.05) is 25.2 Å². The molecule has 1 heterocycles. The third-order valence-corrected chi connectivity index (χ3v) is 3.91. The maximum atomic E-state index is 6.35. The maximum absolute atomic E-state index is 6.35. The summed E-state index contributed by atoms with van der Waals surface area (Å²) in [6.45, 7) is 5.18. The summed E-state index contributed by atoms with van der Waals surface area (Å²) in [6.07, 6.45) is 6.85. The van der Waals surface area contributed by atoms with Crippen LogP contribution in [0.15, 0.2) is 0 Å². The van der Waals surface area contributed by atoms with E-state index < -0.39 is 0 Å². The van der Waals surface area contributed by atoms with Crippen molar-refractivity contribution >= 4 is 0 Å². The normalized spacial score (nSPS) is 30.4. The van der Waals surface area contributed by atoms with Gasteiger partial charge in [-0.1, -0.05) is 0 Å². The third kappa shape index (κ3) is 3.44. The fraction of sp³-hybridized carbons (Fsp3) is 1.00. The highest BCUT2D eigenvalue weighted by atomic mass is 16.5. The molecule has 2 fully saturated rings. The van der Waals surface area contributed by atoms with Gasteiger partial charge < -0.3 is 15.4 Å². The topological polar surface area (TPSA) is 38.5 Å². The van der Waals surface area contributed by atoms with E-state index in [1.54, 1.807) is 0 Å². The first-order chi connectivity index (χ1) is 7.58. The van der Waals surface area contributed by atoms with Crippen molar-refractivity contribution in [3.63, 3.8) is 0 Å². The van der Waals surface area contributed by atoms with E-state index in [2.05, 4.69) is 18.9 Å². The highest BCUT2D eigenvalue weighted by molar-refractivity contribution is 4.97. The number of nitrogens with two attached hydrogens (primary N) is 1. The van der Waals surface area contributed by atoms with Crippen molar-refractivity contribution in [1.82, 2.24) is 4.90 Å². The van der Waals surface area contributed by atoms with Crippen LogP contribution in [0, 0.1) is 5.92 Å². The molecule has 2 atom stereocenters. The molecular weight excluding hydrogens is 200 g/mol. The van der Waals surface area contributed by atoms with Crippen molar-refractivity contribution in [3.8, 4) is 0 Å². The van der Waals surface area contributed by atoms with Gasteiger partial charge in [0.05, 0.1) is 6.10 Å². The van der Waals surface area contributed by atoms with Crippen molar-refractivity contribution in [2.24, 2.45) is 11.7 Å². The van der Waals surface area contributed by atoms with Crippen LogP contribution < -0.4 is 5.73 Å². The molecule has 94 valence electrons. The lowest BCUT2D eigenvalue weighted by molar-refractivity contribution is -0.00444. The van der Waals surface area contributed by atoms with Crippen LogP contribution >= 0.6 is 0 Å². The second-order valence-electron chi connectivity index (χ2n) is 5.97. The van der Waals surface area contributed by atoms with Crippen LogP contribution in [0.5, 0.6) is 0 Å². The first kappa shape index (κ1) is 12.3. The molecule has 0 spiro atoms. The van der Waals surface area contributed by atoms with E-state index in [0.717, 1.165) is 25.6 Å². The number of rotatable bonds is 5. The minimum atomic E-state index is 0.00339. The quantitative estimate of drug-likeness (QED) is 0.774. The van der Waals surface area contributed by atoms with Gasteiger partial charge in [0.2, 0.25) is 0 Å². The SMILES string of the molecule is CN(CC1CCCCO1)CC(C)(N)C1CC1. The molecule has 0 bridgehead atoms. The Morgan fingerprint density at radius 2 is 2.06 bits per heavy atom. The molecule has 0 aromatic carbocycles. The summed E-state index contributed by atoms with van der Waals surface area (Å²) in [5.74, 6) is 0.752. The van der Waals surface area contributed by atoms with E-state index in [9.17, 15) is 0 Å². The van der Waals surface area contributed by atoms with E-state index in [4.69, 9.17) is 10.5 Å². The van der Waals surface area contributed by atoms with E-state index in [1.165, 1.54) is 32.1 Å². The van der Waals surface area contributed by atoms with Crippen LogP contribution in [0.2, 0.25) is 0 Å². The lowest BCUT2D eigenvalue weighted by atomic mass is 9.96. The number of hydrogen-bond acceptors (Lipinski definition) is 3. The predicted octanol–water partition coefficient (Wildman–Crippen LogP) is 1.61. The van der Waals surface area contributed by atoms with Gasteiger partial charge in [-0.25, -0.2) is 0 Å². The largest absolute Gasteiger partial charge is 0.377 e. The van der Waals surface area contributed by atoms with E-state index >= 15 is 0 Å². The maximum Gasteiger partial charge on any atom is 0.0701 e. The van der Waals surface area contributed by atoms with Crippen LogP contribution in [0.1, 0.15) is 39.0 Å². The predicted molar refractivity (Wildman–Crippen MR) is 66.4 cm³/mol. The minimum Gasteiger partial charge on any atom is -0.377 e. The van der Waals surface area contributed by atoms with E-state index in [1.807, 2.05) is 0 Å². The third-order valence-electron chi connectivity index (χ3n) is 3.91. The molecule has 0 aromatic heterocycles. The van der Waals surface area contributed by atoms with Gasteiger partial charge in [-0.3, -0.25) is 0 Å². The molecule has 2 N–H and O–H groups in total. The van der Waals surface area contributed by atoms with E-state index in [-0.39, 0.29) is 5.54 Å². The number of ether oxygens (including phenoxy) is 1. The lowest BCUT2D eigenvalue weighted by Crippen LogP contribution is -2.50. The molecule has 3 nitrogen and oxygen atoms in total. The average molecular weight is 226 g/mol. The molecule has 0 aromatic rings. The zero-order valence-corrected chi connectivity index (χ0v) is 10.7. The zero-order valence-electron chi connectivity index (χ0n) is 10.7. The molecule has 3 heteroatoms. The van der Waals surface area contributed by atoms with Crippen LogP contribution in [-0.4, -0.2) is 43.3 Å². The Kier molecular flexibility index (Phi) is 3.88.